The average molecular weight is 309 g/mol. The Morgan fingerprint density at radius 3 is 2.09 bits per heavy atom. The highest BCUT2D eigenvalue weighted by molar-refractivity contribution is 7.71. The third-order valence-electron chi connectivity index (χ3n) is 3.71. The predicted octanol–water partition coefficient (Wildman–Crippen LogP) is 5.94. The molecular weight excluding hydrogens is 290 g/mol. The summed E-state index contributed by atoms with van der Waals surface area (Å²) in [4.78, 5) is 0.547. The van der Waals surface area contributed by atoms with Gasteiger partial charge in [-0.3, -0.25) is 4.57 Å². The molecule has 22 heavy (non-hydrogen) atoms. The van der Waals surface area contributed by atoms with E-state index in [1.807, 2.05) is 36.4 Å². The molecule has 2 nitrogen and oxygen atoms in total. The Bertz CT molecular complexity index is 787. The number of nitrogens with zero attached hydrogens (tertiary/aromatic N) is 1. The number of unbranched alkanes of at least 4 members (excludes halogenated alkanes) is 1. The summed E-state index contributed by atoms with van der Waals surface area (Å²) in [5, 5.41) is 0. The number of hydrogen-bond acceptors (Lipinski definition) is 2. The monoisotopic (exact) mass is 309 g/mol. The summed E-state index contributed by atoms with van der Waals surface area (Å²) in [6.45, 7) is 3.07. The summed E-state index contributed by atoms with van der Waals surface area (Å²) >= 11 is 5.47. The van der Waals surface area contributed by atoms with E-state index in [2.05, 4.69) is 35.8 Å². The molecule has 0 bridgehead atoms. The Morgan fingerprint density at radius 1 is 0.909 bits per heavy atom. The van der Waals surface area contributed by atoms with Crippen LogP contribution in [-0.4, -0.2) is 4.57 Å². The summed E-state index contributed by atoms with van der Waals surface area (Å²) in [6, 6.07) is 20.5. The molecule has 2 aromatic carbocycles. The van der Waals surface area contributed by atoms with Gasteiger partial charge in [-0.2, -0.15) is 0 Å². The first kappa shape index (κ1) is 14.8. The summed E-state index contributed by atoms with van der Waals surface area (Å²) in [7, 11) is 0. The van der Waals surface area contributed by atoms with Gasteiger partial charge >= 0.3 is 0 Å². The van der Waals surface area contributed by atoms with E-state index in [0.717, 1.165) is 42.0 Å². The molecule has 0 fully saturated rings. The maximum Gasteiger partial charge on any atom is 0.269 e. The standard InChI is InChI=1S/C19H19NOS/c1-2-3-14-20-17(15-10-6-4-7-11-15)18(21-19(20)22)16-12-8-5-9-13-16/h4-13H,2-3,14H2,1H3. The van der Waals surface area contributed by atoms with Gasteiger partial charge in [0.05, 0.1) is 5.69 Å². The molecule has 0 aliphatic rings. The van der Waals surface area contributed by atoms with E-state index in [-0.39, 0.29) is 0 Å². The minimum atomic E-state index is 0.547. The van der Waals surface area contributed by atoms with Gasteiger partial charge in [0.2, 0.25) is 0 Å². The van der Waals surface area contributed by atoms with Crippen molar-refractivity contribution in [2.45, 2.75) is 26.3 Å². The highest BCUT2D eigenvalue weighted by Crippen LogP contribution is 2.34. The zero-order valence-corrected chi connectivity index (χ0v) is 13.5. The van der Waals surface area contributed by atoms with Crippen molar-refractivity contribution < 1.29 is 4.42 Å². The second-order valence-electron chi connectivity index (χ2n) is 5.28. The fourth-order valence-corrected chi connectivity index (χ4v) is 2.86. The van der Waals surface area contributed by atoms with Crippen LogP contribution in [0.25, 0.3) is 22.6 Å². The molecule has 0 aliphatic carbocycles. The first-order valence-electron chi connectivity index (χ1n) is 7.65. The lowest BCUT2D eigenvalue weighted by molar-refractivity contribution is 0.507. The molecule has 0 amide bonds. The van der Waals surface area contributed by atoms with Crippen LogP contribution >= 0.6 is 12.2 Å². The van der Waals surface area contributed by atoms with Crippen LogP contribution in [0.1, 0.15) is 19.8 Å². The number of oxazole rings is 1. The summed E-state index contributed by atoms with van der Waals surface area (Å²) in [6.07, 6.45) is 2.21. The van der Waals surface area contributed by atoms with Gasteiger partial charge in [-0.05, 0) is 18.6 Å². The van der Waals surface area contributed by atoms with E-state index in [1.165, 1.54) is 0 Å². The minimum absolute atomic E-state index is 0.547. The maximum absolute atomic E-state index is 5.96. The van der Waals surface area contributed by atoms with Crippen LogP contribution in [0.5, 0.6) is 0 Å². The van der Waals surface area contributed by atoms with Crippen LogP contribution in [0.3, 0.4) is 0 Å². The Balaban J connectivity index is 2.20. The van der Waals surface area contributed by atoms with Gasteiger partial charge < -0.3 is 4.42 Å². The quantitative estimate of drug-likeness (QED) is 0.542. The molecule has 112 valence electrons. The molecule has 1 heterocycles. The zero-order chi connectivity index (χ0) is 15.4. The van der Waals surface area contributed by atoms with Crippen LogP contribution in [0.4, 0.5) is 0 Å². The predicted molar refractivity (Wildman–Crippen MR) is 93.3 cm³/mol. The molecule has 0 unspecified atom stereocenters. The van der Waals surface area contributed by atoms with Gasteiger partial charge in [0.1, 0.15) is 0 Å². The van der Waals surface area contributed by atoms with Crippen molar-refractivity contribution in [3.63, 3.8) is 0 Å². The van der Waals surface area contributed by atoms with Crippen LogP contribution < -0.4 is 0 Å². The first-order chi connectivity index (χ1) is 10.8. The molecule has 0 atom stereocenters. The Morgan fingerprint density at radius 2 is 1.50 bits per heavy atom. The highest BCUT2D eigenvalue weighted by Gasteiger charge is 2.17. The molecule has 1 aromatic heterocycles. The number of hydrogen-bond donors (Lipinski definition) is 0. The second-order valence-corrected chi connectivity index (χ2v) is 5.63. The lowest BCUT2D eigenvalue weighted by Crippen LogP contribution is -2.00. The topological polar surface area (TPSA) is 18.1 Å². The number of benzene rings is 2. The van der Waals surface area contributed by atoms with Crippen LogP contribution in [0.2, 0.25) is 0 Å². The normalized spacial score (nSPS) is 10.8. The minimum Gasteiger partial charge on any atom is -0.429 e. The molecule has 3 rings (SSSR count). The van der Waals surface area contributed by atoms with Crippen molar-refractivity contribution in [3.8, 4) is 22.6 Å². The smallest absolute Gasteiger partial charge is 0.269 e. The molecule has 0 spiro atoms. The Labute approximate surface area is 136 Å². The number of aromatic nitrogens is 1. The van der Waals surface area contributed by atoms with E-state index in [1.54, 1.807) is 0 Å². The molecule has 0 N–H and O–H groups in total. The van der Waals surface area contributed by atoms with Crippen molar-refractivity contribution in [1.82, 2.24) is 4.57 Å². The maximum atomic E-state index is 5.96. The van der Waals surface area contributed by atoms with Gasteiger partial charge in [0.25, 0.3) is 4.84 Å². The highest BCUT2D eigenvalue weighted by atomic mass is 32.1. The molecule has 0 saturated heterocycles. The van der Waals surface area contributed by atoms with Gasteiger partial charge in [0, 0.05) is 17.7 Å². The van der Waals surface area contributed by atoms with E-state index < -0.39 is 0 Å². The first-order valence-corrected chi connectivity index (χ1v) is 8.06. The van der Waals surface area contributed by atoms with Gasteiger partial charge in [-0.25, -0.2) is 0 Å². The third-order valence-corrected chi connectivity index (χ3v) is 4.02. The summed E-state index contributed by atoms with van der Waals surface area (Å²) in [5.41, 5.74) is 3.27. The van der Waals surface area contributed by atoms with E-state index >= 15 is 0 Å². The van der Waals surface area contributed by atoms with Crippen molar-refractivity contribution in [3.05, 3.63) is 65.5 Å². The van der Waals surface area contributed by atoms with E-state index in [9.17, 15) is 0 Å². The fourth-order valence-electron chi connectivity index (χ4n) is 2.59. The fraction of sp³-hybridized carbons (Fsp3) is 0.211. The SMILES string of the molecule is CCCCn1c(-c2ccccc2)c(-c2ccccc2)oc1=S. The molecule has 0 aliphatic heterocycles. The van der Waals surface area contributed by atoms with Crippen molar-refractivity contribution in [2.75, 3.05) is 0 Å². The number of rotatable bonds is 5. The van der Waals surface area contributed by atoms with Gasteiger partial charge in [0.15, 0.2) is 5.76 Å². The average Bonchev–Trinajstić information content (AvgIpc) is 2.91. The lowest BCUT2D eigenvalue weighted by atomic mass is 10.1. The van der Waals surface area contributed by atoms with Crippen molar-refractivity contribution in [2.24, 2.45) is 0 Å². The van der Waals surface area contributed by atoms with Crippen LogP contribution in [-0.2, 0) is 6.54 Å². The molecule has 3 heteroatoms. The molecule has 0 radical (unpaired) electrons. The van der Waals surface area contributed by atoms with Crippen molar-refractivity contribution in [1.29, 1.82) is 0 Å². The summed E-state index contributed by atoms with van der Waals surface area (Å²) in [5.74, 6) is 0.855. The van der Waals surface area contributed by atoms with E-state index in [4.69, 9.17) is 16.6 Å². The van der Waals surface area contributed by atoms with E-state index in [0.29, 0.717) is 4.84 Å². The molecule has 0 saturated carbocycles. The zero-order valence-electron chi connectivity index (χ0n) is 12.7. The van der Waals surface area contributed by atoms with Crippen molar-refractivity contribution >= 4 is 12.2 Å². The summed E-state index contributed by atoms with van der Waals surface area (Å²) < 4.78 is 8.08. The Kier molecular flexibility index (Phi) is 4.54. The van der Waals surface area contributed by atoms with Crippen LogP contribution in [0, 0.1) is 4.84 Å². The third kappa shape index (κ3) is 2.90. The molecular formula is C19H19NOS. The Hall–Kier alpha value is -2.13. The largest absolute Gasteiger partial charge is 0.429 e. The van der Waals surface area contributed by atoms with Crippen LogP contribution in [0.15, 0.2) is 65.1 Å². The van der Waals surface area contributed by atoms with Gasteiger partial charge in [-0.1, -0.05) is 74.0 Å². The molecule has 3 aromatic rings. The lowest BCUT2D eigenvalue weighted by Gasteiger charge is -2.08. The van der Waals surface area contributed by atoms with Gasteiger partial charge in [-0.15, -0.1) is 0 Å². The second kappa shape index (κ2) is 6.75.